The van der Waals surface area contributed by atoms with Crippen LogP contribution < -0.4 is 17.0 Å². The number of nitrogen functional groups attached to an aromatic ring is 1. The number of rotatable bonds is 2. The number of nitrogens with zero attached hydrogens (tertiary/aromatic N) is 2. The van der Waals surface area contributed by atoms with Gasteiger partial charge in [0.25, 0.3) is 5.56 Å². The van der Waals surface area contributed by atoms with E-state index in [4.69, 9.17) is 5.73 Å². The van der Waals surface area contributed by atoms with Crippen LogP contribution in [0, 0.1) is 0 Å². The van der Waals surface area contributed by atoms with Gasteiger partial charge >= 0.3 is 15.8 Å². The lowest BCUT2D eigenvalue weighted by Crippen LogP contribution is -2.41. The molecule has 0 bridgehead atoms. The first-order valence-electron chi connectivity index (χ1n) is 4.10. The van der Waals surface area contributed by atoms with Crippen molar-refractivity contribution in [1.29, 1.82) is 0 Å². The van der Waals surface area contributed by atoms with Gasteiger partial charge in [0.05, 0.1) is 7.11 Å². The molecule has 0 saturated heterocycles. The summed E-state index contributed by atoms with van der Waals surface area (Å²) in [6, 6.07) is 0. The van der Waals surface area contributed by atoms with E-state index in [-0.39, 0.29) is 0 Å². The average Bonchev–Trinajstić information content (AvgIpc) is 2.23. The molecule has 1 rings (SSSR count). The Hall–Kier alpha value is -1.61. The maximum absolute atomic E-state index is 11.6. The molecule has 0 aliphatic carbocycles. The van der Waals surface area contributed by atoms with E-state index in [2.05, 4.69) is 4.18 Å². The molecule has 0 fully saturated rings. The monoisotopic (exact) mass is 249 g/mol. The summed E-state index contributed by atoms with van der Waals surface area (Å²) in [6.45, 7) is 0. The van der Waals surface area contributed by atoms with E-state index in [9.17, 15) is 18.0 Å². The summed E-state index contributed by atoms with van der Waals surface area (Å²) in [5.74, 6) is -0.449. The van der Waals surface area contributed by atoms with E-state index < -0.39 is 32.1 Å². The van der Waals surface area contributed by atoms with Crippen molar-refractivity contribution in [3.63, 3.8) is 0 Å². The SMILES string of the molecule is COS(=O)(=O)c1c(N)n(C)c(=O)n(C)c1=O. The van der Waals surface area contributed by atoms with Gasteiger partial charge in [0.2, 0.25) is 0 Å². The molecule has 0 aliphatic heterocycles. The van der Waals surface area contributed by atoms with Crippen LogP contribution in [-0.4, -0.2) is 24.7 Å². The fraction of sp³-hybridized carbons (Fsp3) is 0.429. The van der Waals surface area contributed by atoms with Crippen LogP contribution in [-0.2, 0) is 28.4 Å². The molecular weight excluding hydrogens is 238 g/mol. The van der Waals surface area contributed by atoms with E-state index in [1.165, 1.54) is 7.05 Å². The second-order valence-electron chi connectivity index (χ2n) is 3.04. The highest BCUT2D eigenvalue weighted by molar-refractivity contribution is 7.86. The van der Waals surface area contributed by atoms with E-state index in [1.807, 2.05) is 0 Å². The summed E-state index contributed by atoms with van der Waals surface area (Å²) >= 11 is 0. The number of aromatic nitrogens is 2. The van der Waals surface area contributed by atoms with Gasteiger partial charge in [-0.25, -0.2) is 4.79 Å². The first kappa shape index (κ1) is 12.5. The highest BCUT2D eigenvalue weighted by Crippen LogP contribution is 2.12. The van der Waals surface area contributed by atoms with Gasteiger partial charge in [0, 0.05) is 14.1 Å². The Bertz CT molecular complexity index is 639. The topological polar surface area (TPSA) is 113 Å². The molecule has 0 amide bonds. The van der Waals surface area contributed by atoms with Crippen molar-refractivity contribution in [3.05, 3.63) is 20.8 Å². The minimum Gasteiger partial charge on any atom is -0.384 e. The first-order chi connectivity index (χ1) is 7.24. The zero-order valence-corrected chi connectivity index (χ0v) is 9.74. The Morgan fingerprint density at radius 3 is 2.12 bits per heavy atom. The highest BCUT2D eigenvalue weighted by Gasteiger charge is 2.25. The van der Waals surface area contributed by atoms with Crippen molar-refractivity contribution in [3.8, 4) is 0 Å². The average molecular weight is 249 g/mol. The van der Waals surface area contributed by atoms with Crippen molar-refractivity contribution >= 4 is 15.9 Å². The summed E-state index contributed by atoms with van der Waals surface area (Å²) in [7, 11) is -0.930. The largest absolute Gasteiger partial charge is 0.384 e. The number of anilines is 1. The third kappa shape index (κ3) is 1.63. The lowest BCUT2D eigenvalue weighted by atomic mass is 10.5. The highest BCUT2D eigenvalue weighted by atomic mass is 32.2. The second kappa shape index (κ2) is 3.76. The van der Waals surface area contributed by atoms with Gasteiger partial charge in [-0.3, -0.25) is 18.1 Å². The van der Waals surface area contributed by atoms with Crippen LogP contribution in [0.25, 0.3) is 0 Å². The summed E-state index contributed by atoms with van der Waals surface area (Å²) in [5.41, 5.74) is 3.68. The molecule has 1 heterocycles. The number of nitrogens with two attached hydrogens (primary N) is 1. The van der Waals surface area contributed by atoms with Crippen molar-refractivity contribution in [2.75, 3.05) is 12.8 Å². The van der Waals surface area contributed by atoms with Crippen molar-refractivity contribution in [2.24, 2.45) is 14.1 Å². The summed E-state index contributed by atoms with van der Waals surface area (Å²) in [4.78, 5) is 22.2. The van der Waals surface area contributed by atoms with Gasteiger partial charge in [0.15, 0.2) is 4.90 Å². The molecule has 16 heavy (non-hydrogen) atoms. The Morgan fingerprint density at radius 2 is 1.69 bits per heavy atom. The zero-order chi connectivity index (χ0) is 12.7. The van der Waals surface area contributed by atoms with Crippen molar-refractivity contribution in [1.82, 2.24) is 9.13 Å². The molecule has 0 radical (unpaired) electrons. The molecule has 1 aromatic rings. The van der Waals surface area contributed by atoms with Gasteiger partial charge in [-0.05, 0) is 0 Å². The van der Waals surface area contributed by atoms with Crippen LogP contribution in [0.4, 0.5) is 5.82 Å². The first-order valence-corrected chi connectivity index (χ1v) is 5.51. The lowest BCUT2D eigenvalue weighted by Gasteiger charge is -2.10. The van der Waals surface area contributed by atoms with Gasteiger partial charge < -0.3 is 5.73 Å². The Kier molecular flexibility index (Phi) is 2.93. The molecule has 2 N–H and O–H groups in total. The summed E-state index contributed by atoms with van der Waals surface area (Å²) < 4.78 is 28.5. The molecule has 0 aromatic carbocycles. The molecule has 0 aliphatic rings. The normalized spacial score (nSPS) is 11.7. The fourth-order valence-electron chi connectivity index (χ4n) is 1.15. The summed E-state index contributed by atoms with van der Waals surface area (Å²) in [6.07, 6.45) is 0. The molecule has 0 saturated carbocycles. The smallest absolute Gasteiger partial charge is 0.332 e. The number of hydrogen-bond donors (Lipinski definition) is 1. The molecule has 9 heteroatoms. The van der Waals surface area contributed by atoms with Crippen LogP contribution in [0.2, 0.25) is 0 Å². The van der Waals surface area contributed by atoms with Gasteiger partial charge in [-0.15, -0.1) is 0 Å². The van der Waals surface area contributed by atoms with Crippen molar-refractivity contribution < 1.29 is 12.6 Å². The van der Waals surface area contributed by atoms with Crippen LogP contribution in [0.1, 0.15) is 0 Å². The molecule has 90 valence electrons. The van der Waals surface area contributed by atoms with Crippen LogP contribution in [0.5, 0.6) is 0 Å². The van der Waals surface area contributed by atoms with Crippen LogP contribution >= 0.6 is 0 Å². The van der Waals surface area contributed by atoms with E-state index in [1.54, 1.807) is 0 Å². The lowest BCUT2D eigenvalue weighted by molar-refractivity contribution is 0.395. The Balaban J connectivity index is 3.95. The molecule has 0 unspecified atom stereocenters. The maximum Gasteiger partial charge on any atom is 0.332 e. The van der Waals surface area contributed by atoms with E-state index in [0.29, 0.717) is 4.57 Å². The van der Waals surface area contributed by atoms with Crippen LogP contribution in [0.3, 0.4) is 0 Å². The quantitative estimate of drug-likeness (QED) is 0.606. The number of hydrogen-bond acceptors (Lipinski definition) is 6. The minimum absolute atomic E-state index is 0.449. The third-order valence-electron chi connectivity index (χ3n) is 2.14. The third-order valence-corrected chi connectivity index (χ3v) is 3.46. The van der Waals surface area contributed by atoms with Gasteiger partial charge in [0.1, 0.15) is 5.82 Å². The molecule has 8 nitrogen and oxygen atoms in total. The standard InChI is InChI=1S/C7H11N3O5S/c1-9-5(8)4(16(13,14)15-3)6(11)10(2)7(9)12/h8H2,1-3H3. The fourth-order valence-corrected chi connectivity index (χ4v) is 2.06. The van der Waals surface area contributed by atoms with Gasteiger partial charge in [-0.1, -0.05) is 0 Å². The van der Waals surface area contributed by atoms with Crippen LogP contribution in [0.15, 0.2) is 14.5 Å². The predicted octanol–water partition coefficient (Wildman–Crippen LogP) is -2.00. The maximum atomic E-state index is 11.6. The molecule has 0 atom stereocenters. The summed E-state index contributed by atoms with van der Waals surface area (Å²) in [5, 5.41) is 0. The second-order valence-corrected chi connectivity index (χ2v) is 4.69. The molecular formula is C7H11N3O5S. The molecule has 1 aromatic heterocycles. The van der Waals surface area contributed by atoms with E-state index >= 15 is 0 Å². The minimum atomic E-state index is -4.24. The van der Waals surface area contributed by atoms with Gasteiger partial charge in [-0.2, -0.15) is 8.42 Å². The Morgan fingerprint density at radius 1 is 1.19 bits per heavy atom. The Labute approximate surface area is 91.0 Å². The van der Waals surface area contributed by atoms with Crippen molar-refractivity contribution in [2.45, 2.75) is 4.90 Å². The molecule has 0 spiro atoms. The predicted molar refractivity (Wildman–Crippen MR) is 55.5 cm³/mol. The van der Waals surface area contributed by atoms with E-state index in [0.717, 1.165) is 18.7 Å². The zero-order valence-electron chi connectivity index (χ0n) is 8.92.